The van der Waals surface area contributed by atoms with Crippen LogP contribution in [0.1, 0.15) is 5.56 Å². The van der Waals surface area contributed by atoms with E-state index in [0.29, 0.717) is 10.6 Å². The molecule has 0 aliphatic carbocycles. The zero-order chi connectivity index (χ0) is 18.5. The lowest BCUT2D eigenvalue weighted by Gasteiger charge is -2.12. The van der Waals surface area contributed by atoms with Crippen molar-refractivity contribution in [1.82, 2.24) is 4.98 Å². The number of aromatic nitrogens is 1. The van der Waals surface area contributed by atoms with Gasteiger partial charge in [-0.25, -0.2) is 4.98 Å². The highest BCUT2D eigenvalue weighted by atomic mass is 35.5. The van der Waals surface area contributed by atoms with Gasteiger partial charge in [0.2, 0.25) is 0 Å². The second kappa shape index (κ2) is 8.70. The number of hydrogen-bond acceptors (Lipinski definition) is 4. The normalized spacial score (nSPS) is 10.9. The Hall–Kier alpha value is -1.84. The van der Waals surface area contributed by atoms with Gasteiger partial charge in [-0.1, -0.05) is 41.6 Å². The first kappa shape index (κ1) is 18.9. The Kier molecular flexibility index (Phi) is 6.33. The number of hydrogen-bond donors (Lipinski definition) is 1. The van der Waals surface area contributed by atoms with Crippen LogP contribution in [0.3, 0.4) is 0 Å². The van der Waals surface area contributed by atoms with E-state index >= 15 is 0 Å². The van der Waals surface area contributed by atoms with Gasteiger partial charge in [0, 0.05) is 16.3 Å². The van der Waals surface area contributed by atoms with E-state index in [2.05, 4.69) is 26.2 Å². The van der Waals surface area contributed by atoms with Crippen LogP contribution >= 0.6 is 34.7 Å². The number of nitrogens with one attached hydrogen (secondary N) is 1. The highest BCUT2D eigenvalue weighted by molar-refractivity contribution is 7.99. The van der Waals surface area contributed by atoms with Gasteiger partial charge in [0.15, 0.2) is 0 Å². The maximum atomic E-state index is 9.81. The van der Waals surface area contributed by atoms with Gasteiger partial charge in [0.05, 0.1) is 36.8 Å². The molecule has 3 aromatic rings. The molecule has 2 heterocycles. The van der Waals surface area contributed by atoms with E-state index in [1.807, 2.05) is 41.8 Å². The van der Waals surface area contributed by atoms with Crippen molar-refractivity contribution < 1.29 is 4.90 Å². The summed E-state index contributed by atoms with van der Waals surface area (Å²) in [4.78, 5) is 7.28. The molecule has 26 heavy (non-hydrogen) atoms. The summed E-state index contributed by atoms with van der Waals surface area (Å²) >= 11 is 9.33. The number of benzene rings is 1. The van der Waals surface area contributed by atoms with Crippen molar-refractivity contribution in [2.75, 3.05) is 26.4 Å². The second-order valence-corrected chi connectivity index (χ2v) is 8.60. The molecule has 0 saturated heterocycles. The fourth-order valence-electron chi connectivity index (χ4n) is 2.49. The molecule has 0 fully saturated rings. The maximum absolute atomic E-state index is 9.81. The highest BCUT2D eigenvalue weighted by Gasteiger charge is 2.16. The Morgan fingerprint density at radius 1 is 1.23 bits per heavy atom. The van der Waals surface area contributed by atoms with Crippen molar-refractivity contribution in [3.05, 3.63) is 58.4 Å². The Bertz CT molecular complexity index is 913. The summed E-state index contributed by atoms with van der Waals surface area (Å²) in [6.07, 6.45) is 0. The molecule has 3 nitrogen and oxygen atoms in total. The number of nitrogens with zero attached hydrogens (tertiary/aromatic N) is 2. The molecule has 0 amide bonds. The summed E-state index contributed by atoms with van der Waals surface area (Å²) in [6, 6.07) is 16.1. The molecule has 6 heteroatoms. The van der Waals surface area contributed by atoms with E-state index < -0.39 is 0 Å². The molecular formula is C20H19ClN3S2+. The van der Waals surface area contributed by atoms with Crippen LogP contribution in [0.25, 0.3) is 21.7 Å². The first-order valence-corrected chi connectivity index (χ1v) is 10.5. The van der Waals surface area contributed by atoms with Gasteiger partial charge in [0.1, 0.15) is 11.1 Å². The number of thioether (sulfide) groups is 1. The summed E-state index contributed by atoms with van der Waals surface area (Å²) in [5.74, 6) is 0.915. The van der Waals surface area contributed by atoms with Crippen molar-refractivity contribution in [3.63, 3.8) is 0 Å². The molecule has 1 N–H and O–H groups in total. The van der Waals surface area contributed by atoms with Gasteiger partial charge >= 0.3 is 0 Å². The van der Waals surface area contributed by atoms with Gasteiger partial charge < -0.3 is 4.90 Å². The standard InChI is InChI=1S/C20H18ClN3S2/c1-24(2)9-11-26-20-17(13-22)16(14-5-7-15(21)8-6-14)12-18(23-20)19-4-3-10-25-19/h3-8,10,12H,9,11H2,1-2H3/p+1. The number of pyridine rings is 1. The van der Waals surface area contributed by atoms with Crippen molar-refractivity contribution >= 4 is 34.7 Å². The van der Waals surface area contributed by atoms with Crippen molar-refractivity contribution in [2.24, 2.45) is 0 Å². The van der Waals surface area contributed by atoms with E-state index in [-0.39, 0.29) is 0 Å². The van der Waals surface area contributed by atoms with Crippen LogP contribution in [0.5, 0.6) is 0 Å². The van der Waals surface area contributed by atoms with Crippen LogP contribution in [-0.2, 0) is 0 Å². The summed E-state index contributed by atoms with van der Waals surface area (Å²) < 4.78 is 0. The molecule has 0 aliphatic rings. The zero-order valence-corrected chi connectivity index (χ0v) is 17.0. The molecule has 2 aromatic heterocycles. The lowest BCUT2D eigenvalue weighted by atomic mass is 10.0. The van der Waals surface area contributed by atoms with Crippen LogP contribution in [0, 0.1) is 11.3 Å². The average molecular weight is 401 g/mol. The first-order chi connectivity index (χ1) is 12.6. The summed E-state index contributed by atoms with van der Waals surface area (Å²) in [7, 11) is 4.25. The minimum Gasteiger partial charge on any atom is -0.339 e. The molecule has 0 radical (unpaired) electrons. The first-order valence-electron chi connectivity index (χ1n) is 8.25. The second-order valence-electron chi connectivity index (χ2n) is 6.14. The number of rotatable bonds is 6. The molecular weight excluding hydrogens is 382 g/mol. The largest absolute Gasteiger partial charge is 0.339 e. The fraction of sp³-hybridized carbons (Fsp3) is 0.200. The third-order valence-corrected chi connectivity index (χ3v) is 5.99. The molecule has 0 aliphatic heterocycles. The Balaban J connectivity index is 2.10. The van der Waals surface area contributed by atoms with Crippen molar-refractivity contribution in [2.45, 2.75) is 5.03 Å². The SMILES string of the molecule is C[NH+](C)CCSc1nc(-c2cccs2)cc(-c2ccc(Cl)cc2)c1C#N. The van der Waals surface area contributed by atoms with Gasteiger partial charge in [-0.2, -0.15) is 5.26 Å². The Morgan fingerprint density at radius 3 is 2.62 bits per heavy atom. The fourth-order valence-corrected chi connectivity index (χ4v) is 4.47. The summed E-state index contributed by atoms with van der Waals surface area (Å²) in [5.41, 5.74) is 3.42. The van der Waals surface area contributed by atoms with E-state index in [1.54, 1.807) is 23.1 Å². The molecule has 0 atom stereocenters. The van der Waals surface area contributed by atoms with Crippen LogP contribution in [0.2, 0.25) is 5.02 Å². The van der Waals surface area contributed by atoms with Crippen LogP contribution in [-0.4, -0.2) is 31.4 Å². The third-order valence-electron chi connectivity index (χ3n) is 3.87. The van der Waals surface area contributed by atoms with Gasteiger partial charge in [0.25, 0.3) is 0 Å². The molecule has 0 unspecified atom stereocenters. The predicted octanol–water partition coefficient (Wildman–Crippen LogP) is 4.24. The molecule has 0 saturated carbocycles. The number of quaternary nitrogens is 1. The third kappa shape index (κ3) is 4.46. The summed E-state index contributed by atoms with van der Waals surface area (Å²) in [5, 5.41) is 13.3. The highest BCUT2D eigenvalue weighted by Crippen LogP contribution is 2.35. The summed E-state index contributed by atoms with van der Waals surface area (Å²) in [6.45, 7) is 1.01. The smallest absolute Gasteiger partial charge is 0.115 e. The minimum atomic E-state index is 0.631. The van der Waals surface area contributed by atoms with Gasteiger partial charge in [-0.15, -0.1) is 11.3 Å². The van der Waals surface area contributed by atoms with Gasteiger partial charge in [-0.3, -0.25) is 0 Å². The predicted molar refractivity (Wildman–Crippen MR) is 111 cm³/mol. The number of thiophene rings is 1. The number of nitriles is 1. The van der Waals surface area contributed by atoms with Crippen molar-refractivity contribution in [1.29, 1.82) is 5.26 Å². The maximum Gasteiger partial charge on any atom is 0.115 e. The molecule has 3 rings (SSSR count). The van der Waals surface area contributed by atoms with E-state index in [1.165, 1.54) is 4.90 Å². The zero-order valence-electron chi connectivity index (χ0n) is 14.6. The quantitative estimate of drug-likeness (QED) is 0.629. The lowest BCUT2D eigenvalue weighted by molar-refractivity contribution is -0.855. The van der Waals surface area contributed by atoms with Crippen LogP contribution in [0.4, 0.5) is 0 Å². The van der Waals surface area contributed by atoms with Gasteiger partial charge in [-0.05, 0) is 35.2 Å². The van der Waals surface area contributed by atoms with E-state index in [4.69, 9.17) is 16.6 Å². The molecule has 0 bridgehead atoms. The van der Waals surface area contributed by atoms with Crippen LogP contribution < -0.4 is 4.90 Å². The van der Waals surface area contributed by atoms with E-state index in [9.17, 15) is 5.26 Å². The molecule has 1 aromatic carbocycles. The molecule has 0 spiro atoms. The van der Waals surface area contributed by atoms with E-state index in [0.717, 1.165) is 39.0 Å². The lowest BCUT2D eigenvalue weighted by Crippen LogP contribution is -3.06. The average Bonchev–Trinajstić information content (AvgIpc) is 3.16. The molecule has 132 valence electrons. The Labute approximate surface area is 167 Å². The van der Waals surface area contributed by atoms with Crippen molar-refractivity contribution in [3.8, 4) is 27.8 Å². The Morgan fingerprint density at radius 2 is 2.00 bits per heavy atom. The van der Waals surface area contributed by atoms with Crippen LogP contribution in [0.15, 0.2) is 52.9 Å². The monoisotopic (exact) mass is 400 g/mol. The minimum absolute atomic E-state index is 0.631. The topological polar surface area (TPSA) is 41.1 Å². The number of halogens is 1.